The maximum Gasteiger partial charge on any atom is 0.232 e. The largest absolute Gasteiger partial charge is 0.271 e. The zero-order valence-corrected chi connectivity index (χ0v) is 12.8. The fraction of sp³-hybridized carbons (Fsp3) is 0.250. The average Bonchev–Trinajstić information content (AvgIpc) is 2.83. The Kier molecular flexibility index (Phi) is 4.26. The van der Waals surface area contributed by atoms with E-state index in [1.807, 2.05) is 24.3 Å². The minimum Gasteiger partial charge on any atom is -0.271 e. The van der Waals surface area contributed by atoms with E-state index in [1.54, 1.807) is 23.1 Å². The monoisotopic (exact) mass is 343 g/mol. The highest BCUT2D eigenvalue weighted by molar-refractivity contribution is 9.10. The molecule has 1 heterocycles. The number of aromatic nitrogens is 2. The minimum atomic E-state index is -3.33. The number of benzene rings is 1. The summed E-state index contributed by atoms with van der Waals surface area (Å²) in [6.07, 6.45) is 4.68. The summed E-state index contributed by atoms with van der Waals surface area (Å²) >= 11 is 3.38. The second-order valence-electron chi connectivity index (χ2n) is 4.06. The summed E-state index contributed by atoms with van der Waals surface area (Å²) in [5.74, 6) is 0. The molecule has 0 saturated carbocycles. The van der Waals surface area contributed by atoms with Gasteiger partial charge in [0.2, 0.25) is 10.0 Å². The number of sulfonamides is 1. The van der Waals surface area contributed by atoms with E-state index in [-0.39, 0.29) is 0 Å². The van der Waals surface area contributed by atoms with Crippen molar-refractivity contribution in [1.29, 1.82) is 0 Å². The van der Waals surface area contributed by atoms with Gasteiger partial charge in [0.25, 0.3) is 0 Å². The van der Waals surface area contributed by atoms with Gasteiger partial charge in [-0.3, -0.25) is 8.99 Å². The normalized spacial score (nSPS) is 11.5. The van der Waals surface area contributed by atoms with Gasteiger partial charge in [-0.05, 0) is 34.1 Å². The molecule has 0 aliphatic rings. The van der Waals surface area contributed by atoms with Gasteiger partial charge < -0.3 is 0 Å². The van der Waals surface area contributed by atoms with E-state index in [9.17, 15) is 8.42 Å². The summed E-state index contributed by atoms with van der Waals surface area (Å²) in [5, 5.41) is 4.07. The SMILES string of the molecule is CS(=O)(=O)N(CCn1cccn1)c1ccccc1Br. The average molecular weight is 344 g/mol. The van der Waals surface area contributed by atoms with Crippen LogP contribution in [0.15, 0.2) is 47.2 Å². The lowest BCUT2D eigenvalue weighted by Gasteiger charge is -2.23. The molecule has 0 unspecified atom stereocenters. The number of hydrogen-bond donors (Lipinski definition) is 0. The van der Waals surface area contributed by atoms with Crippen molar-refractivity contribution in [2.75, 3.05) is 17.1 Å². The van der Waals surface area contributed by atoms with E-state index in [2.05, 4.69) is 21.0 Å². The standard InChI is InChI=1S/C12H14BrN3O2S/c1-19(17,18)16(10-9-15-8-4-7-14-15)12-6-3-2-5-11(12)13/h2-8H,9-10H2,1H3. The number of nitrogens with zero attached hydrogens (tertiary/aromatic N) is 3. The van der Waals surface area contributed by atoms with Gasteiger partial charge in [0.15, 0.2) is 0 Å². The Balaban J connectivity index is 2.25. The van der Waals surface area contributed by atoms with Crippen molar-refractivity contribution < 1.29 is 8.42 Å². The van der Waals surface area contributed by atoms with Crippen LogP contribution in [0.4, 0.5) is 5.69 Å². The molecule has 0 N–H and O–H groups in total. The lowest BCUT2D eigenvalue weighted by atomic mass is 10.3. The molecule has 7 heteroatoms. The van der Waals surface area contributed by atoms with Crippen LogP contribution in [0.1, 0.15) is 0 Å². The molecule has 2 rings (SSSR count). The summed E-state index contributed by atoms with van der Waals surface area (Å²) in [6.45, 7) is 0.838. The van der Waals surface area contributed by atoms with Crippen molar-refractivity contribution in [3.05, 3.63) is 47.2 Å². The summed E-state index contributed by atoms with van der Waals surface area (Å²) in [5.41, 5.74) is 0.636. The molecule has 5 nitrogen and oxygen atoms in total. The third-order valence-corrected chi connectivity index (χ3v) is 4.46. The fourth-order valence-corrected chi connectivity index (χ4v) is 3.29. The minimum absolute atomic E-state index is 0.336. The second-order valence-corrected chi connectivity index (χ2v) is 6.82. The summed E-state index contributed by atoms with van der Waals surface area (Å²) < 4.78 is 27.7. The molecule has 19 heavy (non-hydrogen) atoms. The predicted octanol–water partition coefficient (Wildman–Crippen LogP) is 2.11. The Morgan fingerprint density at radius 2 is 2.05 bits per heavy atom. The molecule has 1 aromatic heterocycles. The smallest absolute Gasteiger partial charge is 0.232 e. The van der Waals surface area contributed by atoms with Gasteiger partial charge in [0.1, 0.15) is 0 Å². The van der Waals surface area contributed by atoms with E-state index < -0.39 is 10.0 Å². The van der Waals surface area contributed by atoms with E-state index in [1.165, 1.54) is 10.6 Å². The van der Waals surface area contributed by atoms with Crippen molar-refractivity contribution in [3.63, 3.8) is 0 Å². The molecule has 2 aromatic rings. The predicted molar refractivity (Wildman–Crippen MR) is 78.6 cm³/mol. The van der Waals surface area contributed by atoms with Crippen LogP contribution >= 0.6 is 15.9 Å². The van der Waals surface area contributed by atoms with Crippen LogP contribution in [0.2, 0.25) is 0 Å². The summed E-state index contributed by atoms with van der Waals surface area (Å²) in [4.78, 5) is 0. The highest BCUT2D eigenvalue weighted by atomic mass is 79.9. The maximum atomic E-state index is 11.9. The molecule has 0 fully saturated rings. The first-order valence-corrected chi connectivity index (χ1v) is 8.32. The molecular weight excluding hydrogens is 330 g/mol. The third-order valence-electron chi connectivity index (χ3n) is 2.61. The van der Waals surface area contributed by atoms with Crippen LogP contribution < -0.4 is 4.31 Å². The second kappa shape index (κ2) is 5.75. The molecule has 1 aromatic carbocycles. The van der Waals surface area contributed by atoms with Gasteiger partial charge in [0.05, 0.1) is 25.0 Å². The van der Waals surface area contributed by atoms with E-state index in [0.29, 0.717) is 18.8 Å². The Morgan fingerprint density at radius 1 is 1.32 bits per heavy atom. The van der Waals surface area contributed by atoms with Crippen molar-refractivity contribution in [2.24, 2.45) is 0 Å². The summed E-state index contributed by atoms with van der Waals surface area (Å²) in [6, 6.07) is 9.06. The van der Waals surface area contributed by atoms with Gasteiger partial charge in [-0.2, -0.15) is 5.10 Å². The van der Waals surface area contributed by atoms with Crippen LogP contribution in [0, 0.1) is 0 Å². The number of rotatable bonds is 5. The number of anilines is 1. The topological polar surface area (TPSA) is 55.2 Å². The lowest BCUT2D eigenvalue weighted by Crippen LogP contribution is -2.33. The van der Waals surface area contributed by atoms with Crippen LogP contribution in [-0.4, -0.2) is 31.0 Å². The fourth-order valence-electron chi connectivity index (χ4n) is 1.74. The van der Waals surface area contributed by atoms with Gasteiger partial charge in [-0.15, -0.1) is 0 Å². The molecule has 0 aliphatic carbocycles. The third kappa shape index (κ3) is 3.57. The number of halogens is 1. The van der Waals surface area contributed by atoms with Gasteiger partial charge in [-0.25, -0.2) is 8.42 Å². The molecule has 0 atom stereocenters. The highest BCUT2D eigenvalue weighted by Crippen LogP contribution is 2.27. The molecule has 0 radical (unpaired) electrons. The first-order valence-electron chi connectivity index (χ1n) is 5.68. The van der Waals surface area contributed by atoms with E-state index >= 15 is 0 Å². The maximum absolute atomic E-state index is 11.9. The first-order chi connectivity index (χ1) is 8.98. The van der Waals surface area contributed by atoms with Crippen molar-refractivity contribution >= 4 is 31.6 Å². The molecule has 0 amide bonds. The van der Waals surface area contributed by atoms with Crippen LogP contribution in [0.5, 0.6) is 0 Å². The van der Waals surface area contributed by atoms with Crippen molar-refractivity contribution in [3.8, 4) is 0 Å². The van der Waals surface area contributed by atoms with Gasteiger partial charge in [0, 0.05) is 16.9 Å². The highest BCUT2D eigenvalue weighted by Gasteiger charge is 2.19. The van der Waals surface area contributed by atoms with Gasteiger partial charge >= 0.3 is 0 Å². The molecule has 0 bridgehead atoms. The molecular formula is C12H14BrN3O2S. The Morgan fingerprint density at radius 3 is 2.63 bits per heavy atom. The lowest BCUT2D eigenvalue weighted by molar-refractivity contribution is 0.581. The Bertz CT molecular complexity index is 641. The van der Waals surface area contributed by atoms with E-state index in [0.717, 1.165) is 4.47 Å². The zero-order chi connectivity index (χ0) is 13.9. The molecule has 0 spiro atoms. The zero-order valence-electron chi connectivity index (χ0n) is 10.4. The van der Waals surface area contributed by atoms with Crippen molar-refractivity contribution in [1.82, 2.24) is 9.78 Å². The quantitative estimate of drug-likeness (QED) is 0.835. The van der Waals surface area contributed by atoms with Crippen LogP contribution in [0.25, 0.3) is 0 Å². The molecule has 102 valence electrons. The van der Waals surface area contributed by atoms with Crippen molar-refractivity contribution in [2.45, 2.75) is 6.54 Å². The number of hydrogen-bond acceptors (Lipinski definition) is 3. The molecule has 0 saturated heterocycles. The Hall–Kier alpha value is -1.34. The Labute approximate surface area is 121 Å². The van der Waals surface area contributed by atoms with Crippen LogP contribution in [-0.2, 0) is 16.6 Å². The van der Waals surface area contributed by atoms with E-state index in [4.69, 9.17) is 0 Å². The van der Waals surface area contributed by atoms with Crippen LogP contribution in [0.3, 0.4) is 0 Å². The van der Waals surface area contributed by atoms with Gasteiger partial charge in [-0.1, -0.05) is 12.1 Å². The summed E-state index contributed by atoms with van der Waals surface area (Å²) in [7, 11) is -3.33. The first kappa shape index (κ1) is 14.1. The molecule has 0 aliphatic heterocycles. The number of para-hydroxylation sites is 1.